The molecule has 1 aromatic heterocycles. The Labute approximate surface area is 135 Å². The Bertz CT molecular complexity index is 702. The topological polar surface area (TPSA) is 79.5 Å². The lowest BCUT2D eigenvalue weighted by Crippen LogP contribution is -2.21. The second kappa shape index (κ2) is 6.79. The molecule has 120 valence electrons. The fourth-order valence-electron chi connectivity index (χ4n) is 3.21. The van der Waals surface area contributed by atoms with Crippen molar-refractivity contribution < 1.29 is 9.90 Å². The number of nitrogens with zero attached hydrogens (tertiary/aromatic N) is 2. The second-order valence-corrected chi connectivity index (χ2v) is 6.15. The van der Waals surface area contributed by atoms with Crippen LogP contribution in [0.3, 0.4) is 0 Å². The number of aromatic carboxylic acids is 1. The Kier molecular flexibility index (Phi) is 4.57. The summed E-state index contributed by atoms with van der Waals surface area (Å²) in [6.07, 6.45) is 3.75. The van der Waals surface area contributed by atoms with Gasteiger partial charge in [0, 0.05) is 24.8 Å². The summed E-state index contributed by atoms with van der Waals surface area (Å²) >= 11 is 0. The van der Waals surface area contributed by atoms with Crippen molar-refractivity contribution in [2.24, 2.45) is 5.92 Å². The van der Waals surface area contributed by atoms with E-state index in [4.69, 9.17) is 10.8 Å². The van der Waals surface area contributed by atoms with Crippen LogP contribution >= 0.6 is 0 Å². The van der Waals surface area contributed by atoms with Crippen LogP contribution in [0.15, 0.2) is 42.6 Å². The van der Waals surface area contributed by atoms with E-state index in [0.717, 1.165) is 43.6 Å². The van der Waals surface area contributed by atoms with Crippen LogP contribution in [0, 0.1) is 5.92 Å². The van der Waals surface area contributed by atoms with Gasteiger partial charge in [-0.3, -0.25) is 4.90 Å². The molecule has 1 fully saturated rings. The number of carbonyl (C=O) groups is 1. The molecule has 1 atom stereocenters. The zero-order valence-electron chi connectivity index (χ0n) is 13.0. The summed E-state index contributed by atoms with van der Waals surface area (Å²) in [6, 6.07) is 11.2. The molecule has 0 radical (unpaired) electrons. The summed E-state index contributed by atoms with van der Waals surface area (Å²) in [5, 5.41) is 9.08. The Hall–Kier alpha value is -2.40. The fourth-order valence-corrected chi connectivity index (χ4v) is 3.21. The number of nitrogen functional groups attached to an aromatic ring is 1. The van der Waals surface area contributed by atoms with Crippen molar-refractivity contribution in [3.63, 3.8) is 0 Å². The van der Waals surface area contributed by atoms with Crippen LogP contribution in [-0.2, 0) is 13.0 Å². The number of pyridine rings is 1. The molecular weight excluding hydrogens is 290 g/mol. The summed E-state index contributed by atoms with van der Waals surface area (Å²) in [6.45, 7) is 2.87. The molecule has 1 saturated heterocycles. The van der Waals surface area contributed by atoms with E-state index in [1.807, 2.05) is 24.3 Å². The van der Waals surface area contributed by atoms with Crippen molar-refractivity contribution >= 4 is 11.8 Å². The van der Waals surface area contributed by atoms with Gasteiger partial charge in [0.1, 0.15) is 5.82 Å². The first kappa shape index (κ1) is 15.5. The van der Waals surface area contributed by atoms with Gasteiger partial charge in [-0.25, -0.2) is 9.78 Å². The third-order valence-electron chi connectivity index (χ3n) is 4.39. The Balaban J connectivity index is 1.59. The van der Waals surface area contributed by atoms with E-state index in [2.05, 4.69) is 9.88 Å². The lowest BCUT2D eigenvalue weighted by Gasteiger charge is -2.17. The third-order valence-corrected chi connectivity index (χ3v) is 4.39. The lowest BCUT2D eigenvalue weighted by atomic mass is 9.97. The van der Waals surface area contributed by atoms with Gasteiger partial charge in [0.05, 0.1) is 5.56 Å². The van der Waals surface area contributed by atoms with Crippen LogP contribution in [0.4, 0.5) is 5.82 Å². The van der Waals surface area contributed by atoms with Crippen LogP contribution in [0.1, 0.15) is 27.9 Å². The zero-order chi connectivity index (χ0) is 16.2. The quantitative estimate of drug-likeness (QED) is 0.886. The largest absolute Gasteiger partial charge is 0.478 e. The summed E-state index contributed by atoms with van der Waals surface area (Å²) in [5.74, 6) is 0.286. The molecule has 23 heavy (non-hydrogen) atoms. The maximum Gasteiger partial charge on any atom is 0.335 e. The molecule has 1 aliphatic heterocycles. The smallest absolute Gasteiger partial charge is 0.335 e. The van der Waals surface area contributed by atoms with E-state index in [-0.39, 0.29) is 0 Å². The monoisotopic (exact) mass is 311 g/mol. The standard InChI is InChI=1S/C18H21N3O2/c19-17-16(5-2-7-20-17)12-21-8-6-14(11-21)9-13-3-1-4-15(10-13)18(22)23/h1-5,7,10,14H,6,8-9,11-12H2,(H2,19,20)(H,22,23)/t14-/m0/s1. The van der Waals surface area contributed by atoms with E-state index in [1.165, 1.54) is 0 Å². The number of carboxylic acids is 1. The number of nitrogens with two attached hydrogens (primary N) is 1. The van der Waals surface area contributed by atoms with E-state index < -0.39 is 5.97 Å². The Morgan fingerprint density at radius 2 is 2.22 bits per heavy atom. The highest BCUT2D eigenvalue weighted by molar-refractivity contribution is 5.87. The molecule has 1 aromatic carbocycles. The molecule has 2 heterocycles. The van der Waals surface area contributed by atoms with Gasteiger partial charge in [-0.15, -0.1) is 0 Å². The maximum absolute atomic E-state index is 11.1. The SMILES string of the molecule is Nc1ncccc1CN1CC[C@@H](Cc2cccc(C(=O)O)c2)C1. The van der Waals surface area contributed by atoms with Crippen molar-refractivity contribution in [3.8, 4) is 0 Å². The van der Waals surface area contributed by atoms with Crippen molar-refractivity contribution in [1.29, 1.82) is 0 Å². The molecule has 2 aromatic rings. The molecule has 5 nitrogen and oxygen atoms in total. The van der Waals surface area contributed by atoms with E-state index in [1.54, 1.807) is 18.3 Å². The number of carboxylic acid groups (broad SMARTS) is 1. The summed E-state index contributed by atoms with van der Waals surface area (Å²) in [5.41, 5.74) is 8.44. The van der Waals surface area contributed by atoms with Crippen molar-refractivity contribution in [1.82, 2.24) is 9.88 Å². The van der Waals surface area contributed by atoms with Crippen molar-refractivity contribution in [3.05, 3.63) is 59.3 Å². The minimum absolute atomic E-state index is 0.362. The van der Waals surface area contributed by atoms with Crippen molar-refractivity contribution in [2.45, 2.75) is 19.4 Å². The zero-order valence-corrected chi connectivity index (χ0v) is 13.0. The molecule has 3 N–H and O–H groups in total. The molecule has 0 amide bonds. The number of rotatable bonds is 5. The number of aromatic nitrogens is 1. The highest BCUT2D eigenvalue weighted by Crippen LogP contribution is 2.23. The molecule has 0 unspecified atom stereocenters. The molecule has 0 aliphatic carbocycles. The van der Waals surface area contributed by atoms with Crippen LogP contribution in [0.5, 0.6) is 0 Å². The second-order valence-electron chi connectivity index (χ2n) is 6.15. The number of likely N-dealkylation sites (tertiary alicyclic amines) is 1. The summed E-state index contributed by atoms with van der Waals surface area (Å²) < 4.78 is 0. The van der Waals surface area contributed by atoms with Gasteiger partial charge in [0.2, 0.25) is 0 Å². The molecule has 0 saturated carbocycles. The van der Waals surface area contributed by atoms with Crippen LogP contribution in [-0.4, -0.2) is 34.0 Å². The molecule has 0 spiro atoms. The molecular formula is C18H21N3O2. The maximum atomic E-state index is 11.1. The predicted octanol–water partition coefficient (Wildman–Crippen LogP) is 2.43. The highest BCUT2D eigenvalue weighted by atomic mass is 16.4. The van der Waals surface area contributed by atoms with E-state index >= 15 is 0 Å². The van der Waals surface area contributed by atoms with Crippen molar-refractivity contribution in [2.75, 3.05) is 18.8 Å². The Morgan fingerprint density at radius 1 is 1.35 bits per heavy atom. The van der Waals surface area contributed by atoms with E-state index in [0.29, 0.717) is 17.3 Å². The minimum Gasteiger partial charge on any atom is -0.478 e. The fraction of sp³-hybridized carbons (Fsp3) is 0.333. The number of hydrogen-bond acceptors (Lipinski definition) is 4. The van der Waals surface area contributed by atoms with Gasteiger partial charge < -0.3 is 10.8 Å². The number of benzene rings is 1. The first-order chi connectivity index (χ1) is 11.1. The molecule has 1 aliphatic rings. The number of anilines is 1. The predicted molar refractivity (Wildman–Crippen MR) is 89.1 cm³/mol. The summed E-state index contributed by atoms with van der Waals surface area (Å²) in [4.78, 5) is 17.6. The third kappa shape index (κ3) is 3.87. The normalized spacial score (nSPS) is 18.2. The Morgan fingerprint density at radius 3 is 3.00 bits per heavy atom. The van der Waals surface area contributed by atoms with E-state index in [9.17, 15) is 4.79 Å². The van der Waals surface area contributed by atoms with Gasteiger partial charge in [0.25, 0.3) is 0 Å². The van der Waals surface area contributed by atoms with Gasteiger partial charge in [0.15, 0.2) is 0 Å². The first-order valence-corrected chi connectivity index (χ1v) is 7.86. The highest BCUT2D eigenvalue weighted by Gasteiger charge is 2.23. The average Bonchev–Trinajstić information content (AvgIpc) is 2.97. The van der Waals surface area contributed by atoms with Gasteiger partial charge in [-0.05, 0) is 49.1 Å². The molecule has 3 rings (SSSR count). The van der Waals surface area contributed by atoms with Crippen LogP contribution in [0.25, 0.3) is 0 Å². The van der Waals surface area contributed by atoms with Gasteiger partial charge in [-0.1, -0.05) is 18.2 Å². The van der Waals surface area contributed by atoms with Crippen LogP contribution in [0.2, 0.25) is 0 Å². The van der Waals surface area contributed by atoms with Gasteiger partial charge >= 0.3 is 5.97 Å². The number of hydrogen-bond donors (Lipinski definition) is 2. The summed E-state index contributed by atoms with van der Waals surface area (Å²) in [7, 11) is 0. The molecule has 5 heteroatoms. The lowest BCUT2D eigenvalue weighted by molar-refractivity contribution is 0.0696. The average molecular weight is 311 g/mol. The van der Waals surface area contributed by atoms with Gasteiger partial charge in [-0.2, -0.15) is 0 Å². The molecule has 0 bridgehead atoms. The minimum atomic E-state index is -0.869. The van der Waals surface area contributed by atoms with Crippen LogP contribution < -0.4 is 5.73 Å². The first-order valence-electron chi connectivity index (χ1n) is 7.86.